The van der Waals surface area contributed by atoms with Gasteiger partial charge >= 0.3 is 0 Å². The molecule has 1 aliphatic rings. The third kappa shape index (κ3) is 3.45. The molecule has 0 aliphatic carbocycles. The van der Waals surface area contributed by atoms with E-state index in [2.05, 4.69) is 5.32 Å². The van der Waals surface area contributed by atoms with Gasteiger partial charge < -0.3 is 10.2 Å². The third-order valence-corrected chi connectivity index (χ3v) is 5.13. The number of benzene rings is 1. The quantitative estimate of drug-likeness (QED) is 0.939. The summed E-state index contributed by atoms with van der Waals surface area (Å²) >= 11 is 1.57. The van der Waals surface area contributed by atoms with Crippen LogP contribution in [0, 0.1) is 0 Å². The van der Waals surface area contributed by atoms with Crippen LogP contribution in [-0.2, 0) is 0 Å². The average molecular weight is 328 g/mol. The summed E-state index contributed by atoms with van der Waals surface area (Å²) in [6, 6.07) is 9.41. The van der Waals surface area contributed by atoms with Gasteiger partial charge in [0.1, 0.15) is 0 Å². The summed E-state index contributed by atoms with van der Waals surface area (Å²) in [5.41, 5.74) is 2.43. The monoisotopic (exact) mass is 328 g/mol. The third-order valence-electron chi connectivity index (χ3n) is 4.15. The normalized spacial score (nSPS) is 14.6. The summed E-state index contributed by atoms with van der Waals surface area (Å²) in [6.07, 6.45) is 3.42. The largest absolute Gasteiger partial charge is 0.355 e. The Morgan fingerprint density at radius 1 is 1.04 bits per heavy atom. The van der Waals surface area contributed by atoms with E-state index >= 15 is 0 Å². The highest BCUT2D eigenvalue weighted by atomic mass is 32.1. The molecular weight excluding hydrogens is 308 g/mol. The Hall–Kier alpha value is -2.14. The maximum atomic E-state index is 12.5. The lowest BCUT2D eigenvalue weighted by atomic mass is 10.1. The van der Waals surface area contributed by atoms with Gasteiger partial charge in [0.05, 0.1) is 5.56 Å². The van der Waals surface area contributed by atoms with Gasteiger partial charge in [-0.3, -0.25) is 9.59 Å². The van der Waals surface area contributed by atoms with E-state index in [0.29, 0.717) is 5.56 Å². The molecule has 0 radical (unpaired) electrons. The SMILES string of the molecule is CNC(=O)c1ccc(-c2cc(C(=O)N3CCCCC3)cs2)cc1. The maximum absolute atomic E-state index is 12.5. The van der Waals surface area contributed by atoms with E-state index in [-0.39, 0.29) is 11.8 Å². The van der Waals surface area contributed by atoms with Crippen LogP contribution in [0.2, 0.25) is 0 Å². The van der Waals surface area contributed by atoms with Crippen LogP contribution in [-0.4, -0.2) is 36.9 Å². The Morgan fingerprint density at radius 2 is 1.74 bits per heavy atom. The lowest BCUT2D eigenvalue weighted by Crippen LogP contribution is -2.35. The smallest absolute Gasteiger partial charge is 0.254 e. The van der Waals surface area contributed by atoms with Crippen molar-refractivity contribution in [3.8, 4) is 10.4 Å². The van der Waals surface area contributed by atoms with Crippen molar-refractivity contribution >= 4 is 23.2 Å². The van der Waals surface area contributed by atoms with E-state index in [4.69, 9.17) is 0 Å². The van der Waals surface area contributed by atoms with Crippen molar-refractivity contribution in [3.63, 3.8) is 0 Å². The number of carbonyl (C=O) groups is 2. The van der Waals surface area contributed by atoms with E-state index in [0.717, 1.165) is 41.9 Å². The number of likely N-dealkylation sites (tertiary alicyclic amines) is 1. The van der Waals surface area contributed by atoms with E-state index in [1.165, 1.54) is 6.42 Å². The Bertz CT molecular complexity index is 700. The molecule has 23 heavy (non-hydrogen) atoms. The maximum Gasteiger partial charge on any atom is 0.254 e. The Morgan fingerprint density at radius 3 is 2.39 bits per heavy atom. The van der Waals surface area contributed by atoms with E-state index in [9.17, 15) is 9.59 Å². The number of nitrogens with zero attached hydrogens (tertiary/aromatic N) is 1. The highest BCUT2D eigenvalue weighted by molar-refractivity contribution is 7.13. The van der Waals surface area contributed by atoms with Crippen molar-refractivity contribution in [3.05, 3.63) is 46.8 Å². The second kappa shape index (κ2) is 6.96. The molecule has 0 atom stereocenters. The zero-order chi connectivity index (χ0) is 16.2. The molecule has 0 spiro atoms. The van der Waals surface area contributed by atoms with E-state index < -0.39 is 0 Å². The van der Waals surface area contributed by atoms with Gasteiger partial charge in [0.25, 0.3) is 11.8 Å². The molecule has 4 nitrogen and oxygen atoms in total. The summed E-state index contributed by atoms with van der Waals surface area (Å²) < 4.78 is 0. The van der Waals surface area contributed by atoms with E-state index in [1.807, 2.05) is 28.5 Å². The van der Waals surface area contributed by atoms with Gasteiger partial charge in [0.2, 0.25) is 0 Å². The summed E-state index contributed by atoms with van der Waals surface area (Å²) in [5.74, 6) is 0.0397. The van der Waals surface area contributed by atoms with Crippen LogP contribution in [0.15, 0.2) is 35.7 Å². The molecule has 1 aromatic carbocycles. The molecule has 1 N–H and O–H groups in total. The molecule has 5 heteroatoms. The molecule has 0 unspecified atom stereocenters. The Balaban J connectivity index is 1.76. The predicted molar refractivity (Wildman–Crippen MR) is 92.9 cm³/mol. The first-order chi connectivity index (χ1) is 11.2. The summed E-state index contributed by atoms with van der Waals surface area (Å²) in [7, 11) is 1.62. The Kier molecular flexibility index (Phi) is 4.76. The number of amides is 2. The number of carbonyl (C=O) groups excluding carboxylic acids is 2. The number of hydrogen-bond donors (Lipinski definition) is 1. The molecule has 0 saturated carbocycles. The van der Waals surface area contributed by atoms with Crippen molar-refractivity contribution in [1.29, 1.82) is 0 Å². The highest BCUT2D eigenvalue weighted by Crippen LogP contribution is 2.28. The van der Waals surface area contributed by atoms with Crippen molar-refractivity contribution in [2.45, 2.75) is 19.3 Å². The van der Waals surface area contributed by atoms with Gasteiger partial charge in [0.15, 0.2) is 0 Å². The van der Waals surface area contributed by atoms with Gasteiger partial charge in [-0.2, -0.15) is 0 Å². The molecule has 2 amide bonds. The minimum Gasteiger partial charge on any atom is -0.355 e. The topological polar surface area (TPSA) is 49.4 Å². The number of nitrogens with one attached hydrogen (secondary N) is 1. The van der Waals surface area contributed by atoms with E-state index in [1.54, 1.807) is 30.5 Å². The minimum atomic E-state index is -0.0938. The molecule has 2 heterocycles. The first kappa shape index (κ1) is 15.7. The first-order valence-corrected chi connectivity index (χ1v) is 8.77. The van der Waals surface area contributed by atoms with Crippen LogP contribution in [0.25, 0.3) is 10.4 Å². The number of rotatable bonds is 3. The predicted octanol–water partition coefficient (Wildman–Crippen LogP) is 3.40. The molecule has 3 rings (SSSR count). The van der Waals surface area contributed by atoms with Crippen molar-refractivity contribution in [1.82, 2.24) is 10.2 Å². The standard InChI is InChI=1S/C18H20N2O2S/c1-19-17(21)14-7-5-13(6-8-14)16-11-15(12-23-16)18(22)20-9-3-2-4-10-20/h5-8,11-12H,2-4,9-10H2,1H3,(H,19,21). The average Bonchev–Trinajstić information content (AvgIpc) is 3.11. The fourth-order valence-corrected chi connectivity index (χ4v) is 3.70. The van der Waals surface area contributed by atoms with Crippen LogP contribution in [0.3, 0.4) is 0 Å². The minimum absolute atomic E-state index is 0.0938. The van der Waals surface area contributed by atoms with Crippen molar-refractivity contribution in [2.24, 2.45) is 0 Å². The molecule has 1 fully saturated rings. The van der Waals surface area contributed by atoms with Gasteiger partial charge in [-0.15, -0.1) is 11.3 Å². The lowest BCUT2D eigenvalue weighted by Gasteiger charge is -2.26. The second-order valence-electron chi connectivity index (χ2n) is 5.71. The van der Waals surface area contributed by atoms with Gasteiger partial charge in [-0.05, 0) is 43.0 Å². The van der Waals surface area contributed by atoms with Gasteiger partial charge in [-0.1, -0.05) is 12.1 Å². The number of piperidine rings is 1. The molecule has 1 aromatic heterocycles. The molecule has 1 aliphatic heterocycles. The zero-order valence-corrected chi connectivity index (χ0v) is 14.0. The summed E-state index contributed by atoms with van der Waals surface area (Å²) in [6.45, 7) is 1.73. The van der Waals surface area contributed by atoms with Crippen LogP contribution in [0.5, 0.6) is 0 Å². The molecule has 0 bridgehead atoms. The van der Waals surface area contributed by atoms with Crippen LogP contribution in [0.1, 0.15) is 40.0 Å². The fourth-order valence-electron chi connectivity index (χ4n) is 2.81. The zero-order valence-electron chi connectivity index (χ0n) is 13.2. The molecule has 120 valence electrons. The van der Waals surface area contributed by atoms with Crippen LogP contribution < -0.4 is 5.32 Å². The van der Waals surface area contributed by atoms with Crippen molar-refractivity contribution < 1.29 is 9.59 Å². The van der Waals surface area contributed by atoms with Crippen LogP contribution in [0.4, 0.5) is 0 Å². The fraction of sp³-hybridized carbons (Fsp3) is 0.333. The molecular formula is C18H20N2O2S. The second-order valence-corrected chi connectivity index (χ2v) is 6.62. The number of hydrogen-bond acceptors (Lipinski definition) is 3. The molecule has 2 aromatic rings. The summed E-state index contributed by atoms with van der Waals surface area (Å²) in [5, 5.41) is 4.54. The van der Waals surface area contributed by atoms with Crippen molar-refractivity contribution in [2.75, 3.05) is 20.1 Å². The first-order valence-electron chi connectivity index (χ1n) is 7.89. The highest BCUT2D eigenvalue weighted by Gasteiger charge is 2.19. The van der Waals surface area contributed by atoms with Gasteiger partial charge in [-0.25, -0.2) is 0 Å². The number of thiophene rings is 1. The Labute approximate surface area is 140 Å². The van der Waals surface area contributed by atoms with Gasteiger partial charge in [0, 0.05) is 36.0 Å². The lowest BCUT2D eigenvalue weighted by molar-refractivity contribution is 0.0724. The summed E-state index contributed by atoms with van der Waals surface area (Å²) in [4.78, 5) is 27.1. The van der Waals surface area contributed by atoms with Crippen LogP contribution >= 0.6 is 11.3 Å². The molecule has 1 saturated heterocycles.